The highest BCUT2D eigenvalue weighted by Crippen LogP contribution is 1.63. The van der Waals surface area contributed by atoms with Gasteiger partial charge in [-0.1, -0.05) is 13.5 Å². The van der Waals surface area contributed by atoms with Crippen molar-refractivity contribution >= 4 is 6.29 Å². The summed E-state index contributed by atoms with van der Waals surface area (Å²) in [7, 11) is 5.61. The third-order valence-corrected chi connectivity index (χ3v) is 0.729. The number of carbonyl (C=O) groups is 1. The fourth-order valence-corrected chi connectivity index (χ4v) is 0. The maximum Gasteiger partial charge on any atom is 0.142 e. The third kappa shape index (κ3) is 92.3. The normalized spacial score (nSPS) is 6.73. The van der Waals surface area contributed by atoms with Crippen LogP contribution in [0.2, 0.25) is 0 Å². The molecule has 0 radical (unpaired) electrons. The third-order valence-electron chi connectivity index (χ3n) is 0.729. The van der Waals surface area contributed by atoms with Crippen molar-refractivity contribution < 1.29 is 4.79 Å². The Morgan fingerprint density at radius 1 is 1.45 bits per heavy atom. The molecule has 2 N–H and O–H groups in total. The van der Waals surface area contributed by atoms with E-state index >= 15 is 0 Å². The fraction of sp³-hybridized carbons (Fsp3) is 0.625. The standard InChI is InChI=1S/C4H11N.C3H4O.CH5N/c1-4-5(2)3;1-2-3-4;1-2/h4H2,1-3H3;2-3H,1H2;2H2,1H3. The predicted molar refractivity (Wildman–Crippen MR) is 50.6 cm³/mol. The lowest BCUT2D eigenvalue weighted by atomic mass is 10.7. The summed E-state index contributed by atoms with van der Waals surface area (Å²) in [5.74, 6) is 0. The van der Waals surface area contributed by atoms with Gasteiger partial charge in [0.05, 0.1) is 0 Å². The summed E-state index contributed by atoms with van der Waals surface area (Å²) in [6, 6.07) is 0. The van der Waals surface area contributed by atoms with Crippen molar-refractivity contribution in [1.29, 1.82) is 0 Å². The molecule has 0 fully saturated rings. The van der Waals surface area contributed by atoms with Crippen LogP contribution in [0.4, 0.5) is 0 Å². The van der Waals surface area contributed by atoms with Gasteiger partial charge >= 0.3 is 0 Å². The van der Waals surface area contributed by atoms with Crippen LogP contribution in [0, 0.1) is 0 Å². The first-order chi connectivity index (χ1) is 5.18. The van der Waals surface area contributed by atoms with Gasteiger partial charge in [0, 0.05) is 0 Å². The lowest BCUT2D eigenvalue weighted by Crippen LogP contribution is -2.08. The zero-order chi connectivity index (χ0) is 9.70. The molecule has 0 aliphatic heterocycles. The van der Waals surface area contributed by atoms with E-state index in [9.17, 15) is 0 Å². The maximum absolute atomic E-state index is 9.06. The molecule has 0 heterocycles. The molecule has 0 aliphatic carbocycles. The average Bonchev–Trinajstić information content (AvgIpc) is 2.08. The van der Waals surface area contributed by atoms with Crippen molar-refractivity contribution in [1.82, 2.24) is 4.90 Å². The Hall–Kier alpha value is -0.670. The number of carbonyl (C=O) groups excluding carboxylic acids is 1. The topological polar surface area (TPSA) is 46.3 Å². The Morgan fingerprint density at radius 2 is 1.64 bits per heavy atom. The van der Waals surface area contributed by atoms with Crippen molar-refractivity contribution in [2.75, 3.05) is 27.7 Å². The Bertz CT molecular complexity index is 66.5. The van der Waals surface area contributed by atoms with Crippen molar-refractivity contribution in [3.8, 4) is 0 Å². The number of hydrogen-bond acceptors (Lipinski definition) is 3. The average molecular weight is 160 g/mol. The molecule has 0 rings (SSSR count). The van der Waals surface area contributed by atoms with Gasteiger partial charge in [0.1, 0.15) is 6.29 Å². The van der Waals surface area contributed by atoms with Crippen LogP contribution in [0.25, 0.3) is 0 Å². The minimum Gasteiger partial charge on any atom is -0.333 e. The Labute approximate surface area is 69.9 Å². The van der Waals surface area contributed by atoms with E-state index in [1.165, 1.54) is 13.1 Å². The second-order valence-electron chi connectivity index (χ2n) is 1.77. The number of hydrogen-bond donors (Lipinski definition) is 1. The van der Waals surface area contributed by atoms with E-state index in [-0.39, 0.29) is 0 Å². The van der Waals surface area contributed by atoms with Crippen LogP contribution in [0.15, 0.2) is 12.7 Å². The molecule has 0 aromatic rings. The minimum absolute atomic E-state index is 0.639. The van der Waals surface area contributed by atoms with Gasteiger partial charge in [-0.05, 0) is 33.8 Å². The summed E-state index contributed by atoms with van der Waals surface area (Å²) < 4.78 is 0. The zero-order valence-corrected chi connectivity index (χ0v) is 8.00. The molecule has 0 bridgehead atoms. The molecule has 0 aromatic heterocycles. The summed E-state index contributed by atoms with van der Waals surface area (Å²) in [4.78, 5) is 11.2. The van der Waals surface area contributed by atoms with E-state index in [4.69, 9.17) is 4.79 Å². The monoisotopic (exact) mass is 160 g/mol. The lowest BCUT2D eigenvalue weighted by Gasteiger charge is -2.00. The molecule has 11 heavy (non-hydrogen) atoms. The van der Waals surface area contributed by atoms with Gasteiger partial charge in [-0.15, -0.1) is 0 Å². The van der Waals surface area contributed by atoms with E-state index in [1.807, 2.05) is 0 Å². The molecule has 3 nitrogen and oxygen atoms in total. The quantitative estimate of drug-likeness (QED) is 0.473. The second kappa shape index (κ2) is 22.8. The number of rotatable bonds is 2. The summed E-state index contributed by atoms with van der Waals surface area (Å²) in [6.45, 7) is 6.38. The first kappa shape index (κ1) is 16.7. The number of allylic oxidation sites excluding steroid dienone is 1. The summed E-state index contributed by atoms with van der Waals surface area (Å²) in [6.07, 6.45) is 1.83. The summed E-state index contributed by atoms with van der Waals surface area (Å²) >= 11 is 0. The fourth-order valence-electron chi connectivity index (χ4n) is 0. The van der Waals surface area contributed by atoms with Gasteiger partial charge in [0.15, 0.2) is 0 Å². The van der Waals surface area contributed by atoms with Crippen molar-refractivity contribution in [2.45, 2.75) is 6.92 Å². The van der Waals surface area contributed by atoms with E-state index in [0.717, 1.165) is 6.54 Å². The molecule has 0 saturated heterocycles. The molecule has 0 aliphatic rings. The lowest BCUT2D eigenvalue weighted by molar-refractivity contribution is -0.104. The molecule has 68 valence electrons. The Kier molecular flexibility index (Phi) is 34.7. The van der Waals surface area contributed by atoms with E-state index in [2.05, 4.69) is 38.2 Å². The van der Waals surface area contributed by atoms with Gasteiger partial charge in [0.2, 0.25) is 0 Å². The van der Waals surface area contributed by atoms with Crippen molar-refractivity contribution in [3.05, 3.63) is 12.7 Å². The molecule has 0 aromatic carbocycles. The first-order valence-corrected chi connectivity index (χ1v) is 3.47. The highest BCUT2D eigenvalue weighted by atomic mass is 16.1. The van der Waals surface area contributed by atoms with Crippen LogP contribution in [0.5, 0.6) is 0 Å². The molecular formula is C8H20N2O. The molecule has 0 amide bonds. The molecule has 0 unspecified atom stereocenters. The second-order valence-corrected chi connectivity index (χ2v) is 1.77. The summed E-state index contributed by atoms with van der Waals surface area (Å²) in [5.41, 5.74) is 4.50. The van der Waals surface area contributed by atoms with Crippen molar-refractivity contribution in [3.63, 3.8) is 0 Å². The smallest absolute Gasteiger partial charge is 0.142 e. The Morgan fingerprint density at radius 3 is 1.64 bits per heavy atom. The van der Waals surface area contributed by atoms with E-state index < -0.39 is 0 Å². The molecule has 0 atom stereocenters. The molecule has 3 heteroatoms. The number of aldehydes is 1. The first-order valence-electron chi connectivity index (χ1n) is 3.47. The van der Waals surface area contributed by atoms with Gasteiger partial charge in [-0.2, -0.15) is 0 Å². The highest BCUT2D eigenvalue weighted by Gasteiger charge is 1.72. The van der Waals surface area contributed by atoms with Crippen LogP contribution in [0.3, 0.4) is 0 Å². The minimum atomic E-state index is 0.639. The van der Waals surface area contributed by atoms with Crippen molar-refractivity contribution in [2.24, 2.45) is 5.73 Å². The Balaban J connectivity index is -0.0000000965. The number of nitrogens with zero attached hydrogens (tertiary/aromatic N) is 1. The van der Waals surface area contributed by atoms with Gasteiger partial charge in [-0.3, -0.25) is 4.79 Å². The van der Waals surface area contributed by atoms with Crippen LogP contribution in [-0.4, -0.2) is 38.9 Å². The van der Waals surface area contributed by atoms with Gasteiger partial charge < -0.3 is 10.6 Å². The molecular weight excluding hydrogens is 140 g/mol. The van der Waals surface area contributed by atoms with Gasteiger partial charge in [0.25, 0.3) is 0 Å². The maximum atomic E-state index is 9.06. The van der Waals surface area contributed by atoms with Gasteiger partial charge in [-0.25, -0.2) is 0 Å². The largest absolute Gasteiger partial charge is 0.333 e. The van der Waals surface area contributed by atoms with E-state index in [0.29, 0.717) is 6.29 Å². The number of nitrogens with two attached hydrogens (primary N) is 1. The van der Waals surface area contributed by atoms with E-state index in [1.54, 1.807) is 0 Å². The predicted octanol–water partition coefficient (Wildman–Crippen LogP) is 0.514. The van der Waals surface area contributed by atoms with Crippen LogP contribution >= 0.6 is 0 Å². The SMILES string of the molecule is C=CC=O.CCN(C)C.CN. The molecule has 0 saturated carbocycles. The highest BCUT2D eigenvalue weighted by molar-refractivity contribution is 5.63. The van der Waals surface area contributed by atoms with Crippen LogP contribution in [-0.2, 0) is 4.79 Å². The van der Waals surface area contributed by atoms with Crippen LogP contribution < -0.4 is 5.73 Å². The zero-order valence-electron chi connectivity index (χ0n) is 8.00. The summed E-state index contributed by atoms with van der Waals surface area (Å²) in [5, 5.41) is 0. The van der Waals surface area contributed by atoms with Crippen LogP contribution in [0.1, 0.15) is 6.92 Å². The molecule has 0 spiro atoms.